The molecule has 0 aliphatic carbocycles. The molecule has 0 spiro atoms. The van der Waals surface area contributed by atoms with E-state index in [1.54, 1.807) is 6.92 Å². The van der Waals surface area contributed by atoms with Crippen LogP contribution in [0, 0.1) is 6.92 Å². The molecule has 1 aliphatic rings. The van der Waals surface area contributed by atoms with Crippen molar-refractivity contribution in [2.24, 2.45) is 0 Å². The van der Waals surface area contributed by atoms with Crippen LogP contribution < -0.4 is 5.32 Å². The van der Waals surface area contributed by atoms with Gasteiger partial charge >= 0.3 is 0 Å². The zero-order valence-electron chi connectivity index (χ0n) is 6.82. The Bertz CT molecular complexity index is 273. The summed E-state index contributed by atoms with van der Waals surface area (Å²) in [7, 11) is 0. The molecule has 2 N–H and O–H groups in total. The average molecular weight is 169 g/mol. The van der Waals surface area contributed by atoms with Crippen molar-refractivity contribution in [3.05, 3.63) is 11.7 Å². The van der Waals surface area contributed by atoms with Gasteiger partial charge in [0.1, 0.15) is 0 Å². The summed E-state index contributed by atoms with van der Waals surface area (Å²) in [6.07, 6.45) is 0.365. The molecular weight excluding hydrogens is 158 g/mol. The van der Waals surface area contributed by atoms with E-state index < -0.39 is 0 Å². The highest BCUT2D eigenvalue weighted by Gasteiger charge is 2.27. The first-order valence-corrected chi connectivity index (χ1v) is 3.97. The molecule has 0 radical (unpaired) electrons. The van der Waals surface area contributed by atoms with Gasteiger partial charge in [0.05, 0.1) is 12.1 Å². The van der Waals surface area contributed by atoms with Crippen molar-refractivity contribution in [1.29, 1.82) is 0 Å². The number of hydrogen-bond donors (Lipinski definition) is 2. The van der Waals surface area contributed by atoms with Crippen LogP contribution in [0.5, 0.6) is 0 Å². The van der Waals surface area contributed by atoms with Crippen LogP contribution in [0.3, 0.4) is 0 Å². The van der Waals surface area contributed by atoms with Gasteiger partial charge in [-0.25, -0.2) is 0 Å². The van der Waals surface area contributed by atoms with Gasteiger partial charge in [-0.2, -0.15) is 4.98 Å². The molecule has 5 heteroatoms. The lowest BCUT2D eigenvalue weighted by Crippen LogP contribution is -2.15. The third-order valence-electron chi connectivity index (χ3n) is 1.95. The number of aliphatic hydroxyl groups excluding tert-OH is 1. The Kier molecular flexibility index (Phi) is 1.82. The molecule has 66 valence electrons. The molecule has 1 saturated heterocycles. The summed E-state index contributed by atoms with van der Waals surface area (Å²) in [6, 6.07) is 0.0289. The van der Waals surface area contributed by atoms with E-state index in [1.165, 1.54) is 0 Å². The number of nitrogens with one attached hydrogen (secondary N) is 1. The molecule has 2 atom stereocenters. The van der Waals surface area contributed by atoms with Crippen molar-refractivity contribution in [1.82, 2.24) is 15.5 Å². The molecule has 0 amide bonds. The second-order valence-electron chi connectivity index (χ2n) is 3.03. The van der Waals surface area contributed by atoms with Crippen molar-refractivity contribution in [3.8, 4) is 0 Å². The van der Waals surface area contributed by atoms with Gasteiger partial charge in [-0.05, 0) is 13.3 Å². The Balaban J connectivity index is 2.11. The molecule has 5 nitrogen and oxygen atoms in total. The largest absolute Gasteiger partial charge is 0.392 e. The minimum Gasteiger partial charge on any atom is -0.392 e. The standard InChI is InChI=1S/C7H11N3O2/c1-4-9-7(12-10-4)6-2-5(11)3-8-6/h5-6,8,11H,2-3H2,1H3/t5-,6+/m1/s1. The van der Waals surface area contributed by atoms with Gasteiger partial charge in [-0.3, -0.25) is 0 Å². The second-order valence-corrected chi connectivity index (χ2v) is 3.03. The molecular formula is C7H11N3O2. The maximum atomic E-state index is 9.22. The first-order valence-electron chi connectivity index (χ1n) is 3.97. The minimum absolute atomic E-state index is 0.0289. The second kappa shape index (κ2) is 2.84. The highest BCUT2D eigenvalue weighted by molar-refractivity contribution is 4.96. The zero-order valence-corrected chi connectivity index (χ0v) is 6.82. The summed E-state index contributed by atoms with van der Waals surface area (Å²) in [5.41, 5.74) is 0. The Morgan fingerprint density at radius 2 is 2.50 bits per heavy atom. The van der Waals surface area contributed by atoms with E-state index in [-0.39, 0.29) is 12.1 Å². The fourth-order valence-electron chi connectivity index (χ4n) is 1.36. The fraction of sp³-hybridized carbons (Fsp3) is 0.714. The maximum absolute atomic E-state index is 9.22. The topological polar surface area (TPSA) is 71.2 Å². The van der Waals surface area contributed by atoms with Gasteiger partial charge in [-0.1, -0.05) is 5.16 Å². The number of hydrogen-bond acceptors (Lipinski definition) is 5. The predicted octanol–water partition coefficient (Wildman–Crippen LogP) is -0.227. The van der Waals surface area contributed by atoms with E-state index in [4.69, 9.17) is 4.52 Å². The first kappa shape index (κ1) is 7.70. The number of rotatable bonds is 1. The highest BCUT2D eigenvalue weighted by Crippen LogP contribution is 2.21. The predicted molar refractivity (Wildman–Crippen MR) is 40.4 cm³/mol. The number of nitrogens with zero attached hydrogens (tertiary/aromatic N) is 2. The van der Waals surface area contributed by atoms with Crippen LogP contribution in [0.15, 0.2) is 4.52 Å². The molecule has 0 aromatic carbocycles. The van der Waals surface area contributed by atoms with Crippen LogP contribution in [0.25, 0.3) is 0 Å². The van der Waals surface area contributed by atoms with E-state index in [9.17, 15) is 5.11 Å². The first-order chi connectivity index (χ1) is 5.75. The smallest absolute Gasteiger partial charge is 0.243 e. The van der Waals surface area contributed by atoms with E-state index in [1.807, 2.05) is 0 Å². The maximum Gasteiger partial charge on any atom is 0.243 e. The zero-order chi connectivity index (χ0) is 8.55. The van der Waals surface area contributed by atoms with Crippen LogP contribution in [-0.4, -0.2) is 27.9 Å². The van der Waals surface area contributed by atoms with Crippen LogP contribution in [0.4, 0.5) is 0 Å². The van der Waals surface area contributed by atoms with Crippen molar-refractivity contribution in [3.63, 3.8) is 0 Å². The Hall–Kier alpha value is -0.940. The summed E-state index contributed by atoms with van der Waals surface area (Å²) in [5, 5.41) is 16.0. The number of aromatic nitrogens is 2. The van der Waals surface area contributed by atoms with Gasteiger partial charge in [0.25, 0.3) is 0 Å². The molecule has 2 rings (SSSR count). The lowest BCUT2D eigenvalue weighted by Gasteiger charge is -2.01. The van der Waals surface area contributed by atoms with E-state index in [2.05, 4.69) is 15.5 Å². The third-order valence-corrected chi connectivity index (χ3v) is 1.95. The Labute approximate surface area is 69.8 Å². The summed E-state index contributed by atoms with van der Waals surface area (Å²) < 4.78 is 4.96. The third kappa shape index (κ3) is 1.33. The molecule has 1 aliphatic heterocycles. The van der Waals surface area contributed by atoms with Crippen molar-refractivity contribution < 1.29 is 9.63 Å². The van der Waals surface area contributed by atoms with E-state index >= 15 is 0 Å². The summed E-state index contributed by atoms with van der Waals surface area (Å²) in [5.74, 6) is 1.21. The molecule has 1 aromatic rings. The average Bonchev–Trinajstić information content (AvgIpc) is 2.58. The lowest BCUT2D eigenvalue weighted by atomic mass is 10.2. The number of aliphatic hydroxyl groups is 1. The number of β-amino-alcohol motifs (C(OH)–C–C–N with tert-alkyl or cyclic N) is 1. The SMILES string of the molecule is Cc1noc([C@@H]2C[C@@H](O)CN2)n1. The highest BCUT2D eigenvalue weighted by atomic mass is 16.5. The van der Waals surface area contributed by atoms with Crippen LogP contribution in [-0.2, 0) is 0 Å². The van der Waals surface area contributed by atoms with Crippen molar-refractivity contribution >= 4 is 0 Å². The molecule has 0 saturated carbocycles. The van der Waals surface area contributed by atoms with Gasteiger partial charge in [0.2, 0.25) is 5.89 Å². The van der Waals surface area contributed by atoms with Crippen molar-refractivity contribution in [2.45, 2.75) is 25.5 Å². The van der Waals surface area contributed by atoms with Gasteiger partial charge in [-0.15, -0.1) is 0 Å². The lowest BCUT2D eigenvalue weighted by molar-refractivity contribution is 0.191. The number of aryl methyl sites for hydroxylation is 1. The van der Waals surface area contributed by atoms with E-state index in [0.29, 0.717) is 24.7 Å². The molecule has 0 unspecified atom stereocenters. The summed E-state index contributed by atoms with van der Waals surface area (Å²) in [6.45, 7) is 2.38. The van der Waals surface area contributed by atoms with Crippen LogP contribution in [0.1, 0.15) is 24.2 Å². The monoisotopic (exact) mass is 169 g/mol. The van der Waals surface area contributed by atoms with Crippen LogP contribution >= 0.6 is 0 Å². The summed E-state index contributed by atoms with van der Waals surface area (Å²) in [4.78, 5) is 4.08. The van der Waals surface area contributed by atoms with Gasteiger partial charge < -0.3 is 14.9 Å². The summed E-state index contributed by atoms with van der Waals surface area (Å²) >= 11 is 0. The molecule has 12 heavy (non-hydrogen) atoms. The fourth-order valence-corrected chi connectivity index (χ4v) is 1.36. The van der Waals surface area contributed by atoms with E-state index in [0.717, 1.165) is 0 Å². The molecule has 0 bridgehead atoms. The Morgan fingerprint density at radius 3 is 3.00 bits per heavy atom. The van der Waals surface area contributed by atoms with Crippen LogP contribution in [0.2, 0.25) is 0 Å². The molecule has 1 aromatic heterocycles. The quantitative estimate of drug-likeness (QED) is 0.607. The normalized spacial score (nSPS) is 29.5. The van der Waals surface area contributed by atoms with Crippen molar-refractivity contribution in [2.75, 3.05) is 6.54 Å². The van der Waals surface area contributed by atoms with Gasteiger partial charge in [0.15, 0.2) is 5.82 Å². The molecule has 1 fully saturated rings. The minimum atomic E-state index is -0.290. The van der Waals surface area contributed by atoms with Gasteiger partial charge in [0, 0.05) is 6.54 Å². The Morgan fingerprint density at radius 1 is 1.67 bits per heavy atom. The molecule has 2 heterocycles.